The zero-order valence-electron chi connectivity index (χ0n) is 13.4. The molecular weight excluding hydrogens is 320 g/mol. The number of nitrogens with zero attached hydrogens (tertiary/aromatic N) is 4. The number of imide groups is 1. The molecule has 2 heterocycles. The number of aromatic nitrogens is 1. The second-order valence-electron chi connectivity index (χ2n) is 5.24. The van der Waals surface area contributed by atoms with Gasteiger partial charge in [-0.3, -0.25) is 14.5 Å². The molecule has 1 aromatic heterocycles. The lowest BCUT2D eigenvalue weighted by Crippen LogP contribution is -2.40. The van der Waals surface area contributed by atoms with Crippen LogP contribution in [0.4, 0.5) is 4.79 Å². The van der Waals surface area contributed by atoms with Gasteiger partial charge in [0.05, 0.1) is 19.6 Å². The molecule has 0 aromatic carbocycles. The Labute approximate surface area is 138 Å². The van der Waals surface area contributed by atoms with Gasteiger partial charge in [-0.15, -0.1) is 11.3 Å². The molecule has 1 aromatic rings. The van der Waals surface area contributed by atoms with Crippen molar-refractivity contribution in [3.05, 3.63) is 16.6 Å². The molecule has 1 unspecified atom stereocenters. The highest BCUT2D eigenvalue weighted by Crippen LogP contribution is 2.18. The second kappa shape index (κ2) is 7.51. The van der Waals surface area contributed by atoms with Gasteiger partial charge in [-0.05, 0) is 0 Å². The molecule has 8 nitrogen and oxygen atoms in total. The van der Waals surface area contributed by atoms with E-state index in [0.717, 1.165) is 9.91 Å². The maximum absolute atomic E-state index is 12.6. The maximum atomic E-state index is 12.6. The molecule has 1 aliphatic heterocycles. The van der Waals surface area contributed by atoms with E-state index in [0.29, 0.717) is 19.7 Å². The number of carbonyl (C=O) groups excluding carboxylic acids is 3. The third kappa shape index (κ3) is 3.85. The summed E-state index contributed by atoms with van der Waals surface area (Å²) in [5, 5.41) is 2.66. The van der Waals surface area contributed by atoms with E-state index in [2.05, 4.69) is 4.98 Å². The van der Waals surface area contributed by atoms with Crippen LogP contribution >= 0.6 is 11.3 Å². The molecule has 0 bridgehead atoms. The quantitative estimate of drug-likeness (QED) is 0.671. The lowest BCUT2D eigenvalue weighted by molar-refractivity contribution is -0.137. The number of rotatable bonds is 7. The largest absolute Gasteiger partial charge is 0.383 e. The van der Waals surface area contributed by atoms with Crippen LogP contribution in [0.1, 0.15) is 11.4 Å². The average molecular weight is 340 g/mol. The van der Waals surface area contributed by atoms with Crippen molar-refractivity contribution in [1.82, 2.24) is 19.7 Å². The molecule has 1 fully saturated rings. The van der Waals surface area contributed by atoms with Crippen LogP contribution in [0.2, 0.25) is 0 Å². The van der Waals surface area contributed by atoms with Crippen molar-refractivity contribution >= 4 is 29.2 Å². The number of amides is 4. The zero-order valence-corrected chi connectivity index (χ0v) is 14.2. The minimum Gasteiger partial charge on any atom is -0.383 e. The van der Waals surface area contributed by atoms with Gasteiger partial charge in [0, 0.05) is 39.3 Å². The molecule has 2 rings (SSSR count). The van der Waals surface area contributed by atoms with Crippen LogP contribution in [0, 0.1) is 0 Å². The standard InChI is InChI=1S/C14H20N4O4S/c1-16-10(13(20)17(2)14(16)21)8-12(19)18(5-6-22-3)9-11-15-4-7-23-11/h4,7,10H,5-6,8-9H2,1-3H3. The van der Waals surface area contributed by atoms with Gasteiger partial charge in [0.1, 0.15) is 11.0 Å². The summed E-state index contributed by atoms with van der Waals surface area (Å²) in [4.78, 5) is 44.6. The number of hydrogen-bond acceptors (Lipinski definition) is 6. The molecule has 23 heavy (non-hydrogen) atoms. The Morgan fingerprint density at radius 3 is 2.70 bits per heavy atom. The van der Waals surface area contributed by atoms with E-state index in [1.54, 1.807) is 18.2 Å². The summed E-state index contributed by atoms with van der Waals surface area (Å²) in [6.07, 6.45) is 1.64. The Balaban J connectivity index is 2.05. The Morgan fingerprint density at radius 1 is 1.43 bits per heavy atom. The number of likely N-dealkylation sites (N-methyl/N-ethyl adjacent to an activating group) is 2. The van der Waals surface area contributed by atoms with E-state index >= 15 is 0 Å². The monoisotopic (exact) mass is 340 g/mol. The highest BCUT2D eigenvalue weighted by molar-refractivity contribution is 7.09. The fourth-order valence-electron chi connectivity index (χ4n) is 2.36. The van der Waals surface area contributed by atoms with Crippen LogP contribution in [0.25, 0.3) is 0 Å². The SMILES string of the molecule is COCCN(Cc1nccs1)C(=O)CC1C(=O)N(C)C(=O)N1C. The van der Waals surface area contributed by atoms with Gasteiger partial charge in [-0.25, -0.2) is 9.78 Å². The summed E-state index contributed by atoms with van der Waals surface area (Å²) in [5.74, 6) is -0.558. The number of methoxy groups -OCH3 is 1. The minimum absolute atomic E-state index is 0.0412. The molecule has 1 atom stereocenters. The van der Waals surface area contributed by atoms with Crippen LogP contribution in [0.3, 0.4) is 0 Å². The van der Waals surface area contributed by atoms with Crippen molar-refractivity contribution in [2.24, 2.45) is 0 Å². The van der Waals surface area contributed by atoms with Gasteiger partial charge < -0.3 is 14.5 Å². The fraction of sp³-hybridized carbons (Fsp3) is 0.571. The highest BCUT2D eigenvalue weighted by atomic mass is 32.1. The predicted molar refractivity (Wildman–Crippen MR) is 83.7 cm³/mol. The molecule has 0 spiro atoms. The Morgan fingerprint density at radius 2 is 2.17 bits per heavy atom. The lowest BCUT2D eigenvalue weighted by atomic mass is 10.1. The molecular formula is C14H20N4O4S. The van der Waals surface area contributed by atoms with Crippen molar-refractivity contribution in [3.8, 4) is 0 Å². The number of carbonyl (C=O) groups is 3. The summed E-state index contributed by atoms with van der Waals surface area (Å²) >= 11 is 1.46. The van der Waals surface area contributed by atoms with Crippen LogP contribution in [0.5, 0.6) is 0 Å². The summed E-state index contributed by atoms with van der Waals surface area (Å²) < 4.78 is 5.04. The first-order chi connectivity index (χ1) is 11.0. The van der Waals surface area contributed by atoms with Crippen molar-refractivity contribution in [2.75, 3.05) is 34.4 Å². The molecule has 0 saturated carbocycles. The van der Waals surface area contributed by atoms with E-state index < -0.39 is 12.1 Å². The molecule has 0 aliphatic carbocycles. The van der Waals surface area contributed by atoms with Crippen LogP contribution in [-0.4, -0.2) is 77.9 Å². The number of ether oxygens (including phenoxy) is 1. The minimum atomic E-state index is -0.749. The van der Waals surface area contributed by atoms with E-state index in [4.69, 9.17) is 4.74 Å². The number of thiazole rings is 1. The molecule has 0 N–H and O–H groups in total. The molecule has 126 valence electrons. The summed E-state index contributed by atoms with van der Waals surface area (Å²) in [7, 11) is 4.51. The third-order valence-electron chi connectivity index (χ3n) is 3.77. The van der Waals surface area contributed by atoms with Crippen molar-refractivity contribution in [1.29, 1.82) is 0 Å². The van der Waals surface area contributed by atoms with Gasteiger partial charge in [-0.2, -0.15) is 0 Å². The number of urea groups is 1. The van der Waals surface area contributed by atoms with Crippen LogP contribution < -0.4 is 0 Å². The fourth-order valence-corrected chi connectivity index (χ4v) is 2.99. The predicted octanol–water partition coefficient (Wildman–Crippen LogP) is 0.401. The molecule has 9 heteroatoms. The Kier molecular flexibility index (Phi) is 5.67. The first kappa shape index (κ1) is 17.4. The van der Waals surface area contributed by atoms with E-state index in [1.807, 2.05) is 5.38 Å². The third-order valence-corrected chi connectivity index (χ3v) is 4.53. The summed E-state index contributed by atoms with van der Waals surface area (Å²) in [6.45, 7) is 1.17. The van der Waals surface area contributed by atoms with Gasteiger partial charge in [0.25, 0.3) is 5.91 Å². The van der Waals surface area contributed by atoms with Gasteiger partial charge in [0.15, 0.2) is 0 Å². The van der Waals surface area contributed by atoms with Crippen molar-refractivity contribution < 1.29 is 19.1 Å². The van der Waals surface area contributed by atoms with E-state index in [-0.39, 0.29) is 18.2 Å². The normalized spacial score (nSPS) is 18.0. The molecule has 1 saturated heterocycles. The van der Waals surface area contributed by atoms with E-state index in [9.17, 15) is 14.4 Å². The Hall–Kier alpha value is -2.00. The molecule has 0 radical (unpaired) electrons. The van der Waals surface area contributed by atoms with E-state index in [1.165, 1.54) is 30.3 Å². The van der Waals surface area contributed by atoms with Crippen molar-refractivity contribution in [3.63, 3.8) is 0 Å². The lowest BCUT2D eigenvalue weighted by Gasteiger charge is -2.24. The van der Waals surface area contributed by atoms with Gasteiger partial charge >= 0.3 is 6.03 Å². The number of hydrogen-bond donors (Lipinski definition) is 0. The van der Waals surface area contributed by atoms with Gasteiger partial charge in [-0.1, -0.05) is 0 Å². The first-order valence-corrected chi connectivity index (χ1v) is 8.03. The highest BCUT2D eigenvalue weighted by Gasteiger charge is 2.42. The Bertz CT molecular complexity index is 577. The first-order valence-electron chi connectivity index (χ1n) is 7.15. The van der Waals surface area contributed by atoms with Crippen LogP contribution in [0.15, 0.2) is 11.6 Å². The summed E-state index contributed by atoms with van der Waals surface area (Å²) in [6, 6.07) is -1.14. The van der Waals surface area contributed by atoms with Gasteiger partial charge in [0.2, 0.25) is 5.91 Å². The second-order valence-corrected chi connectivity index (χ2v) is 6.22. The van der Waals surface area contributed by atoms with Crippen LogP contribution in [-0.2, 0) is 20.9 Å². The topological polar surface area (TPSA) is 83.0 Å². The molecule has 1 aliphatic rings. The van der Waals surface area contributed by atoms with Crippen molar-refractivity contribution in [2.45, 2.75) is 19.0 Å². The maximum Gasteiger partial charge on any atom is 0.326 e. The average Bonchev–Trinajstić information content (AvgIpc) is 3.11. The summed E-state index contributed by atoms with van der Waals surface area (Å²) in [5.41, 5.74) is 0. The zero-order chi connectivity index (χ0) is 17.0. The smallest absolute Gasteiger partial charge is 0.326 e. The molecule has 4 amide bonds.